The van der Waals surface area contributed by atoms with Gasteiger partial charge in [-0.3, -0.25) is 4.79 Å². The molecule has 2 aromatic carbocycles. The summed E-state index contributed by atoms with van der Waals surface area (Å²) in [6, 6.07) is 12.9. The van der Waals surface area contributed by atoms with Crippen molar-refractivity contribution in [3.63, 3.8) is 0 Å². The lowest BCUT2D eigenvalue weighted by molar-refractivity contribution is 0.112. The van der Waals surface area contributed by atoms with Gasteiger partial charge < -0.3 is 0 Å². The molecular weight excluding hydrogens is 172 g/mol. The molecule has 0 bridgehead atoms. The maximum absolute atomic E-state index is 10.7. The smallest absolute Gasteiger partial charge is 0.150 e. The van der Waals surface area contributed by atoms with Crippen molar-refractivity contribution in [3.8, 4) is 11.1 Å². The average Bonchev–Trinajstić information content (AvgIpc) is 2.30. The lowest BCUT2D eigenvalue weighted by Gasteiger charge is -2.00. The first-order valence-electron chi connectivity index (χ1n) is 5.34. The van der Waals surface area contributed by atoms with Gasteiger partial charge in [-0.1, -0.05) is 54.5 Å². The summed E-state index contributed by atoms with van der Waals surface area (Å²) in [5.41, 5.74) is 1.88. The van der Waals surface area contributed by atoms with Gasteiger partial charge in [-0.25, -0.2) is 0 Å². The Labute approximate surface area is 85.8 Å². The molecule has 0 amide bonds. The van der Waals surface area contributed by atoms with Crippen LogP contribution in [-0.2, 0) is 0 Å². The van der Waals surface area contributed by atoms with Crippen molar-refractivity contribution in [3.05, 3.63) is 60.1 Å². The van der Waals surface area contributed by atoms with Crippen molar-refractivity contribution in [1.29, 1.82) is 0 Å². The summed E-state index contributed by atoms with van der Waals surface area (Å²) in [4.78, 5) is 10.7. The first-order chi connectivity index (χ1) is 7.72. The first kappa shape index (κ1) is 6.55. The molecule has 0 aromatic heterocycles. The molecule has 0 unspecified atom stereocenters. The van der Waals surface area contributed by atoms with Crippen LogP contribution in [-0.4, -0.2) is 6.29 Å². The van der Waals surface area contributed by atoms with Gasteiger partial charge in [0.05, 0.1) is 2.74 Å². The number of hydrogen-bond acceptors (Lipinski definition) is 1. The molecule has 0 N–H and O–H groups in total. The Morgan fingerprint density at radius 1 is 0.929 bits per heavy atom. The molecule has 1 heteroatoms. The molecule has 0 heterocycles. The number of carbonyl (C=O) groups excluding carboxylic acids is 1. The maximum Gasteiger partial charge on any atom is 0.150 e. The molecular formula is C13H10O. The minimum Gasteiger partial charge on any atom is -0.298 e. The van der Waals surface area contributed by atoms with Crippen LogP contribution in [0.25, 0.3) is 11.1 Å². The van der Waals surface area contributed by atoms with Gasteiger partial charge in [0.25, 0.3) is 0 Å². The molecule has 0 saturated heterocycles. The van der Waals surface area contributed by atoms with Gasteiger partial charge >= 0.3 is 0 Å². The number of carbonyl (C=O) groups is 1. The Hall–Kier alpha value is -1.89. The third-order valence-electron chi connectivity index (χ3n) is 1.99. The molecule has 2 rings (SSSR count). The average molecular weight is 184 g/mol. The van der Waals surface area contributed by atoms with Crippen LogP contribution in [0, 0.1) is 0 Å². The SMILES string of the molecule is [2H]c1cc(-c2ccccc2)cc([2H])c1C=O. The third kappa shape index (κ3) is 1.72. The Kier molecular flexibility index (Phi) is 1.81. The zero-order valence-corrected chi connectivity index (χ0v) is 7.53. The summed E-state index contributed by atoms with van der Waals surface area (Å²) >= 11 is 0. The highest BCUT2D eigenvalue weighted by Gasteiger charge is 1.95. The van der Waals surface area contributed by atoms with Gasteiger partial charge in [-0.05, 0) is 11.1 Å². The number of aldehydes is 1. The van der Waals surface area contributed by atoms with Crippen molar-refractivity contribution in [2.75, 3.05) is 0 Å². The summed E-state index contributed by atoms with van der Waals surface area (Å²) in [6.07, 6.45) is 0.555. The van der Waals surface area contributed by atoms with Crippen molar-refractivity contribution in [2.24, 2.45) is 0 Å². The van der Waals surface area contributed by atoms with Crippen LogP contribution in [0.15, 0.2) is 54.5 Å². The number of rotatable bonds is 2. The van der Waals surface area contributed by atoms with Crippen LogP contribution < -0.4 is 0 Å². The van der Waals surface area contributed by atoms with Crippen LogP contribution in [0.2, 0.25) is 0 Å². The fourth-order valence-corrected chi connectivity index (χ4v) is 1.26. The van der Waals surface area contributed by atoms with Crippen LogP contribution in [0.4, 0.5) is 0 Å². The van der Waals surface area contributed by atoms with Crippen LogP contribution in [0.3, 0.4) is 0 Å². The maximum atomic E-state index is 10.7. The molecule has 2 aromatic rings. The van der Waals surface area contributed by atoms with Gasteiger partial charge in [0.15, 0.2) is 0 Å². The zero-order valence-electron chi connectivity index (χ0n) is 9.53. The number of hydrogen-bond donors (Lipinski definition) is 0. The lowest BCUT2D eigenvalue weighted by Crippen LogP contribution is -1.80. The van der Waals surface area contributed by atoms with E-state index >= 15 is 0 Å². The molecule has 0 radical (unpaired) electrons. The van der Waals surface area contributed by atoms with Crippen molar-refractivity contribution in [1.82, 2.24) is 0 Å². The summed E-state index contributed by atoms with van der Waals surface area (Å²) in [5.74, 6) is 0. The van der Waals surface area contributed by atoms with Gasteiger partial charge in [0.1, 0.15) is 6.29 Å². The second-order valence-electron chi connectivity index (χ2n) is 2.93. The largest absolute Gasteiger partial charge is 0.298 e. The van der Waals surface area contributed by atoms with Crippen molar-refractivity contribution < 1.29 is 7.54 Å². The van der Waals surface area contributed by atoms with E-state index in [4.69, 9.17) is 2.74 Å². The van der Waals surface area contributed by atoms with Gasteiger partial charge in [-0.15, -0.1) is 0 Å². The summed E-state index contributed by atoms with van der Waals surface area (Å²) in [5, 5.41) is 0. The normalized spacial score (nSPS) is 11.7. The van der Waals surface area contributed by atoms with Crippen molar-refractivity contribution in [2.45, 2.75) is 0 Å². The molecule has 14 heavy (non-hydrogen) atoms. The minimum absolute atomic E-state index is 0.0985. The molecule has 0 aliphatic rings. The summed E-state index contributed by atoms with van der Waals surface area (Å²) in [6.45, 7) is 0. The van der Waals surface area contributed by atoms with E-state index in [-0.39, 0.29) is 17.6 Å². The summed E-state index contributed by atoms with van der Waals surface area (Å²) < 4.78 is 15.3. The van der Waals surface area contributed by atoms with E-state index in [9.17, 15) is 4.79 Å². The Morgan fingerprint density at radius 3 is 2.07 bits per heavy atom. The Morgan fingerprint density at radius 2 is 1.50 bits per heavy atom. The van der Waals surface area contributed by atoms with E-state index in [0.717, 1.165) is 11.1 Å². The fourth-order valence-electron chi connectivity index (χ4n) is 1.26. The van der Waals surface area contributed by atoms with E-state index in [1.165, 1.54) is 0 Å². The van der Waals surface area contributed by atoms with Crippen LogP contribution in [0.1, 0.15) is 13.1 Å². The zero-order chi connectivity index (χ0) is 11.5. The highest BCUT2D eigenvalue weighted by Crippen LogP contribution is 2.18. The highest BCUT2D eigenvalue weighted by molar-refractivity contribution is 5.76. The monoisotopic (exact) mass is 184 g/mol. The van der Waals surface area contributed by atoms with Gasteiger partial charge in [0.2, 0.25) is 0 Å². The molecule has 0 saturated carbocycles. The van der Waals surface area contributed by atoms with Crippen LogP contribution >= 0.6 is 0 Å². The van der Waals surface area contributed by atoms with E-state index in [0.29, 0.717) is 6.29 Å². The van der Waals surface area contributed by atoms with E-state index in [2.05, 4.69) is 0 Å². The van der Waals surface area contributed by atoms with Crippen LogP contribution in [0.5, 0.6) is 0 Å². The molecule has 0 atom stereocenters. The van der Waals surface area contributed by atoms with Gasteiger partial charge in [-0.2, -0.15) is 0 Å². The molecule has 68 valence electrons. The summed E-state index contributed by atoms with van der Waals surface area (Å²) in [7, 11) is 0. The Balaban J connectivity index is 2.57. The van der Waals surface area contributed by atoms with E-state index in [1.54, 1.807) is 12.1 Å². The quantitative estimate of drug-likeness (QED) is 0.655. The predicted molar refractivity (Wildman–Crippen MR) is 57.3 cm³/mol. The van der Waals surface area contributed by atoms with Gasteiger partial charge in [0, 0.05) is 5.56 Å². The lowest BCUT2D eigenvalue weighted by atomic mass is 10.0. The molecule has 0 fully saturated rings. The topological polar surface area (TPSA) is 17.1 Å². The van der Waals surface area contributed by atoms with E-state index < -0.39 is 0 Å². The standard InChI is InChI=1S/C13H10O/c14-10-11-6-8-13(9-7-11)12-4-2-1-3-5-12/h1-10H/i6D,7D. The first-order valence-corrected chi connectivity index (χ1v) is 4.34. The minimum atomic E-state index is 0.0985. The van der Waals surface area contributed by atoms with Crippen molar-refractivity contribution >= 4 is 6.29 Å². The Bertz CT molecular complexity index is 498. The fraction of sp³-hybridized carbons (Fsp3) is 0. The second kappa shape index (κ2) is 3.88. The molecule has 1 nitrogen and oxygen atoms in total. The number of benzene rings is 2. The molecule has 0 spiro atoms. The second-order valence-corrected chi connectivity index (χ2v) is 2.93. The molecule has 0 aliphatic carbocycles. The molecule has 0 aliphatic heterocycles. The van der Waals surface area contributed by atoms with E-state index in [1.807, 2.05) is 30.3 Å². The third-order valence-corrected chi connectivity index (χ3v) is 1.99. The predicted octanol–water partition coefficient (Wildman–Crippen LogP) is 3.17. The highest BCUT2D eigenvalue weighted by atomic mass is 16.1.